The first-order valence-electron chi connectivity index (χ1n) is 11.0. The number of hydrogen-bond donors (Lipinski definition) is 2. The van der Waals surface area contributed by atoms with Crippen LogP contribution >= 0.6 is 11.8 Å². The summed E-state index contributed by atoms with van der Waals surface area (Å²) in [5, 5.41) is 15.1. The highest BCUT2D eigenvalue weighted by Gasteiger charge is 2.25. The van der Waals surface area contributed by atoms with Crippen molar-refractivity contribution in [2.45, 2.75) is 31.0 Å². The van der Waals surface area contributed by atoms with E-state index in [9.17, 15) is 9.59 Å². The molecule has 2 amide bonds. The molecule has 0 bridgehead atoms. The molecule has 34 heavy (non-hydrogen) atoms. The third-order valence-corrected chi connectivity index (χ3v) is 6.37. The number of nitrogens with one attached hydrogen (secondary N) is 2. The average molecular weight is 474 g/mol. The molecule has 0 unspecified atom stereocenters. The molecule has 0 atom stereocenters. The van der Waals surface area contributed by atoms with Gasteiger partial charge in [-0.15, -0.1) is 10.2 Å². The van der Waals surface area contributed by atoms with Gasteiger partial charge >= 0.3 is 0 Å². The Hall–Kier alpha value is -3.85. The highest BCUT2D eigenvalue weighted by Crippen LogP contribution is 2.30. The highest BCUT2D eigenvalue weighted by molar-refractivity contribution is 7.99. The van der Waals surface area contributed by atoms with E-state index in [1.165, 1.54) is 11.8 Å². The minimum atomic E-state index is -0.236. The van der Waals surface area contributed by atoms with Gasteiger partial charge in [-0.25, -0.2) is 0 Å². The fraction of sp³-hybridized carbons (Fsp3) is 0.200. The molecule has 9 heteroatoms. The number of para-hydroxylation sites is 2. The second-order valence-corrected chi connectivity index (χ2v) is 8.94. The molecule has 2 N–H and O–H groups in total. The van der Waals surface area contributed by atoms with Crippen LogP contribution in [-0.2, 0) is 4.79 Å². The Morgan fingerprint density at radius 1 is 1.06 bits per heavy atom. The first kappa shape index (κ1) is 22.0. The van der Waals surface area contributed by atoms with Crippen molar-refractivity contribution in [2.24, 2.45) is 0 Å². The first-order valence-corrected chi connectivity index (χ1v) is 12.0. The summed E-state index contributed by atoms with van der Waals surface area (Å²) < 4.78 is 7.37. The van der Waals surface area contributed by atoms with Crippen molar-refractivity contribution in [3.8, 4) is 17.1 Å². The maximum absolute atomic E-state index is 12.8. The molecule has 0 saturated heterocycles. The van der Waals surface area contributed by atoms with Gasteiger partial charge < -0.3 is 15.1 Å². The topological polar surface area (TPSA) is 102 Å². The number of amides is 2. The van der Waals surface area contributed by atoms with E-state index in [0.29, 0.717) is 22.2 Å². The van der Waals surface area contributed by atoms with Gasteiger partial charge in [-0.05, 0) is 50.1 Å². The second-order valence-electron chi connectivity index (χ2n) is 8.00. The zero-order valence-corrected chi connectivity index (χ0v) is 19.3. The summed E-state index contributed by atoms with van der Waals surface area (Å²) >= 11 is 1.27. The molecule has 1 aliphatic rings. The van der Waals surface area contributed by atoms with Gasteiger partial charge in [0.1, 0.15) is 5.76 Å². The maximum atomic E-state index is 12.8. The zero-order valence-electron chi connectivity index (χ0n) is 18.5. The van der Waals surface area contributed by atoms with Crippen molar-refractivity contribution in [3.05, 3.63) is 78.3 Å². The van der Waals surface area contributed by atoms with Crippen molar-refractivity contribution < 1.29 is 14.0 Å². The smallest absolute Gasteiger partial charge is 0.253 e. The minimum Gasteiger partial charge on any atom is -0.469 e. The molecule has 1 fully saturated rings. The lowest BCUT2D eigenvalue weighted by Crippen LogP contribution is -2.27. The number of hydrogen-bond acceptors (Lipinski definition) is 6. The SMILES string of the molecule is Cc1occc1-c1nnc(SCC(=O)Nc2ccccc2C(=O)NC2CC2)n1-c1ccccc1. The fourth-order valence-electron chi connectivity index (χ4n) is 3.56. The zero-order chi connectivity index (χ0) is 23.5. The van der Waals surface area contributed by atoms with E-state index >= 15 is 0 Å². The van der Waals surface area contributed by atoms with Gasteiger partial charge in [0.25, 0.3) is 5.91 Å². The lowest BCUT2D eigenvalue weighted by molar-refractivity contribution is -0.113. The van der Waals surface area contributed by atoms with Crippen molar-refractivity contribution in [1.82, 2.24) is 20.1 Å². The van der Waals surface area contributed by atoms with Gasteiger partial charge in [-0.2, -0.15) is 0 Å². The number of benzene rings is 2. The van der Waals surface area contributed by atoms with E-state index in [1.54, 1.807) is 30.5 Å². The molecule has 2 aromatic heterocycles. The van der Waals surface area contributed by atoms with Gasteiger partial charge in [-0.3, -0.25) is 14.2 Å². The summed E-state index contributed by atoms with van der Waals surface area (Å²) in [5.41, 5.74) is 2.67. The van der Waals surface area contributed by atoms with Gasteiger partial charge in [0.15, 0.2) is 11.0 Å². The number of rotatable bonds is 8. The molecule has 2 aromatic carbocycles. The van der Waals surface area contributed by atoms with Crippen LogP contribution in [0.15, 0.2) is 76.5 Å². The number of thioether (sulfide) groups is 1. The number of carbonyl (C=O) groups is 2. The quantitative estimate of drug-likeness (QED) is 0.367. The summed E-state index contributed by atoms with van der Waals surface area (Å²) in [5.74, 6) is 1.08. The number of nitrogens with zero attached hydrogens (tertiary/aromatic N) is 3. The predicted octanol–water partition coefficient (Wildman–Crippen LogP) is 4.46. The fourth-order valence-corrected chi connectivity index (χ4v) is 4.31. The molecule has 172 valence electrons. The summed E-state index contributed by atoms with van der Waals surface area (Å²) in [6.07, 6.45) is 3.62. The summed E-state index contributed by atoms with van der Waals surface area (Å²) in [6.45, 7) is 1.87. The standard InChI is InChI=1S/C25H23N5O3S/c1-16-19(13-14-33-16)23-28-29-25(30(23)18-7-3-2-4-8-18)34-15-22(31)27-21-10-6-5-9-20(21)24(32)26-17-11-12-17/h2-10,13-14,17H,11-12,15H2,1H3,(H,26,32)(H,27,31). The van der Waals surface area contributed by atoms with Crippen molar-refractivity contribution in [3.63, 3.8) is 0 Å². The third-order valence-electron chi connectivity index (χ3n) is 5.44. The van der Waals surface area contributed by atoms with Gasteiger partial charge in [0.2, 0.25) is 5.91 Å². The molecule has 0 aliphatic heterocycles. The monoisotopic (exact) mass is 473 g/mol. The van der Waals surface area contributed by atoms with E-state index in [1.807, 2.05) is 47.9 Å². The van der Waals surface area contributed by atoms with Crippen LogP contribution < -0.4 is 10.6 Å². The molecular weight excluding hydrogens is 450 g/mol. The van der Waals surface area contributed by atoms with Crippen molar-refractivity contribution in [1.29, 1.82) is 0 Å². The van der Waals surface area contributed by atoms with Crippen LogP contribution in [0.25, 0.3) is 17.1 Å². The van der Waals surface area contributed by atoms with Crippen molar-refractivity contribution >= 4 is 29.3 Å². The molecule has 1 aliphatic carbocycles. The van der Waals surface area contributed by atoms with Gasteiger partial charge in [-0.1, -0.05) is 42.1 Å². The van der Waals surface area contributed by atoms with E-state index in [0.717, 1.165) is 29.9 Å². The molecule has 0 spiro atoms. The van der Waals surface area contributed by atoms with E-state index < -0.39 is 0 Å². The molecule has 5 rings (SSSR count). The molecule has 2 heterocycles. The molecule has 4 aromatic rings. The molecule has 0 radical (unpaired) electrons. The van der Waals surface area contributed by atoms with Crippen LogP contribution in [0.3, 0.4) is 0 Å². The lowest BCUT2D eigenvalue weighted by Gasteiger charge is -2.12. The van der Waals surface area contributed by atoms with Crippen LogP contribution in [0.2, 0.25) is 0 Å². The Morgan fingerprint density at radius 3 is 2.56 bits per heavy atom. The van der Waals surface area contributed by atoms with Gasteiger partial charge in [0, 0.05) is 11.7 Å². The number of anilines is 1. The molecular formula is C25H23N5O3S. The average Bonchev–Trinajstić information content (AvgIpc) is 3.40. The lowest BCUT2D eigenvalue weighted by atomic mass is 10.1. The summed E-state index contributed by atoms with van der Waals surface area (Å²) in [6, 6.07) is 18.8. The second kappa shape index (κ2) is 9.56. The number of furan rings is 1. The Labute approximate surface area is 200 Å². The molecule has 8 nitrogen and oxygen atoms in total. The maximum Gasteiger partial charge on any atom is 0.253 e. The minimum absolute atomic E-state index is 0.105. The Kier molecular flexibility index (Phi) is 6.18. The number of carbonyl (C=O) groups excluding carboxylic acids is 2. The predicted molar refractivity (Wildman–Crippen MR) is 130 cm³/mol. The first-order chi connectivity index (χ1) is 16.6. The number of aryl methyl sites for hydroxylation is 1. The van der Waals surface area contributed by atoms with Crippen LogP contribution in [0.5, 0.6) is 0 Å². The van der Waals surface area contributed by atoms with Gasteiger partial charge in [0.05, 0.1) is 28.8 Å². The summed E-state index contributed by atoms with van der Waals surface area (Å²) in [7, 11) is 0. The van der Waals surface area contributed by atoms with Crippen molar-refractivity contribution in [2.75, 3.05) is 11.1 Å². The van der Waals surface area contributed by atoms with E-state index in [-0.39, 0.29) is 23.6 Å². The highest BCUT2D eigenvalue weighted by atomic mass is 32.2. The van der Waals surface area contributed by atoms with E-state index in [2.05, 4.69) is 20.8 Å². The molecule has 1 saturated carbocycles. The number of aromatic nitrogens is 3. The largest absolute Gasteiger partial charge is 0.469 e. The van der Waals surface area contributed by atoms with E-state index in [4.69, 9.17) is 4.42 Å². The van der Waals surface area contributed by atoms with Crippen LogP contribution in [-0.4, -0.2) is 38.4 Å². The Bertz CT molecular complexity index is 1330. The van der Waals surface area contributed by atoms with Crippen LogP contribution in [0.4, 0.5) is 5.69 Å². The van der Waals surface area contributed by atoms with Crippen LogP contribution in [0, 0.1) is 6.92 Å². The van der Waals surface area contributed by atoms with Crippen LogP contribution in [0.1, 0.15) is 29.0 Å². The Morgan fingerprint density at radius 2 is 1.82 bits per heavy atom. The third kappa shape index (κ3) is 4.74. The Balaban J connectivity index is 1.34. The normalized spacial score (nSPS) is 13.0. The summed E-state index contributed by atoms with van der Waals surface area (Å²) in [4.78, 5) is 25.3.